The van der Waals surface area contributed by atoms with Gasteiger partial charge < -0.3 is 9.64 Å². The molecule has 0 spiro atoms. The second-order valence-electron chi connectivity index (χ2n) is 5.92. The molecule has 0 aliphatic carbocycles. The molecule has 0 saturated carbocycles. The molecular formula is C19H20ClNO2. The number of halogens is 1. The zero-order chi connectivity index (χ0) is 16.2. The van der Waals surface area contributed by atoms with Crippen LogP contribution in [0.5, 0.6) is 0 Å². The maximum Gasteiger partial charge on any atom is 0.255 e. The molecule has 2 aromatic rings. The van der Waals surface area contributed by atoms with Crippen LogP contribution >= 0.6 is 11.6 Å². The predicted molar refractivity (Wildman–Crippen MR) is 92.0 cm³/mol. The highest BCUT2D eigenvalue weighted by Gasteiger charge is 2.26. The van der Waals surface area contributed by atoms with Crippen molar-refractivity contribution in [3.05, 3.63) is 70.2 Å². The Morgan fingerprint density at radius 1 is 1.26 bits per heavy atom. The predicted octanol–water partition coefficient (Wildman–Crippen LogP) is 3.73. The number of hydrogen-bond acceptors (Lipinski definition) is 2. The van der Waals surface area contributed by atoms with E-state index < -0.39 is 0 Å². The Bertz CT molecular complexity index is 687. The first-order chi connectivity index (χ1) is 11.1. The van der Waals surface area contributed by atoms with Crippen molar-refractivity contribution < 1.29 is 9.53 Å². The van der Waals surface area contributed by atoms with Gasteiger partial charge in [-0.05, 0) is 24.6 Å². The molecule has 1 heterocycles. The zero-order valence-corrected chi connectivity index (χ0v) is 13.9. The molecule has 1 unspecified atom stereocenters. The van der Waals surface area contributed by atoms with Crippen LogP contribution in [0.3, 0.4) is 0 Å². The lowest BCUT2D eigenvalue weighted by molar-refractivity contribution is -0.0208. The first-order valence-electron chi connectivity index (χ1n) is 7.84. The normalized spacial score (nSPS) is 18.0. The first kappa shape index (κ1) is 16.0. The number of rotatable bonds is 3. The van der Waals surface area contributed by atoms with E-state index in [0.29, 0.717) is 30.3 Å². The molecule has 1 aliphatic rings. The largest absolute Gasteiger partial charge is 0.374 e. The maximum absolute atomic E-state index is 12.8. The Morgan fingerprint density at radius 2 is 2.04 bits per heavy atom. The summed E-state index contributed by atoms with van der Waals surface area (Å²) in [5, 5.41) is 0.506. The number of carbonyl (C=O) groups excluding carboxylic acids is 1. The fraction of sp³-hybridized carbons (Fsp3) is 0.316. The molecule has 3 rings (SSSR count). The lowest BCUT2D eigenvalue weighted by atomic mass is 10.1. The summed E-state index contributed by atoms with van der Waals surface area (Å²) in [5.74, 6) is -0.0138. The number of aryl methyl sites for hydroxylation is 1. The van der Waals surface area contributed by atoms with Gasteiger partial charge in [0.25, 0.3) is 5.91 Å². The fourth-order valence-electron chi connectivity index (χ4n) is 2.88. The Balaban J connectivity index is 1.70. The molecule has 1 amide bonds. The van der Waals surface area contributed by atoms with Crippen molar-refractivity contribution in [3.63, 3.8) is 0 Å². The SMILES string of the molecule is Cc1ccc(Cl)c(C(=O)N2CCOC(Cc3ccccc3)C2)c1. The van der Waals surface area contributed by atoms with Gasteiger partial charge in [-0.25, -0.2) is 0 Å². The van der Waals surface area contributed by atoms with E-state index in [2.05, 4.69) is 12.1 Å². The molecule has 4 heteroatoms. The van der Waals surface area contributed by atoms with Crippen LogP contribution in [0.1, 0.15) is 21.5 Å². The van der Waals surface area contributed by atoms with Crippen LogP contribution < -0.4 is 0 Å². The Hall–Kier alpha value is -1.84. The summed E-state index contributed by atoms with van der Waals surface area (Å²) < 4.78 is 5.83. The quantitative estimate of drug-likeness (QED) is 0.858. The summed E-state index contributed by atoms with van der Waals surface area (Å²) in [4.78, 5) is 14.6. The van der Waals surface area contributed by atoms with Gasteiger partial charge in [0.2, 0.25) is 0 Å². The van der Waals surface area contributed by atoms with Crippen LogP contribution in [0.2, 0.25) is 5.02 Å². The van der Waals surface area contributed by atoms with E-state index in [4.69, 9.17) is 16.3 Å². The zero-order valence-electron chi connectivity index (χ0n) is 13.2. The lowest BCUT2D eigenvalue weighted by Gasteiger charge is -2.33. The van der Waals surface area contributed by atoms with Gasteiger partial charge in [0.05, 0.1) is 23.3 Å². The van der Waals surface area contributed by atoms with Gasteiger partial charge in [0.15, 0.2) is 0 Å². The minimum absolute atomic E-state index is 0.0138. The molecular weight excluding hydrogens is 310 g/mol. The van der Waals surface area contributed by atoms with Crippen molar-refractivity contribution in [2.45, 2.75) is 19.4 Å². The third-order valence-corrected chi connectivity index (χ3v) is 4.41. The molecule has 1 aliphatic heterocycles. The van der Waals surface area contributed by atoms with E-state index in [-0.39, 0.29) is 12.0 Å². The minimum Gasteiger partial charge on any atom is -0.374 e. The van der Waals surface area contributed by atoms with Gasteiger partial charge in [0.1, 0.15) is 0 Å². The van der Waals surface area contributed by atoms with Gasteiger partial charge in [-0.3, -0.25) is 4.79 Å². The van der Waals surface area contributed by atoms with Gasteiger partial charge in [-0.1, -0.05) is 53.6 Å². The third-order valence-electron chi connectivity index (χ3n) is 4.08. The summed E-state index contributed by atoms with van der Waals surface area (Å²) >= 11 is 6.20. The third kappa shape index (κ3) is 3.92. The van der Waals surface area contributed by atoms with Gasteiger partial charge in [-0.15, -0.1) is 0 Å². The van der Waals surface area contributed by atoms with Crippen LogP contribution in [0.25, 0.3) is 0 Å². The van der Waals surface area contributed by atoms with Crippen LogP contribution in [-0.4, -0.2) is 36.6 Å². The second-order valence-corrected chi connectivity index (χ2v) is 6.32. The fourth-order valence-corrected chi connectivity index (χ4v) is 3.08. The maximum atomic E-state index is 12.8. The molecule has 120 valence electrons. The number of ether oxygens (including phenoxy) is 1. The molecule has 1 fully saturated rings. The first-order valence-corrected chi connectivity index (χ1v) is 8.22. The molecule has 1 atom stereocenters. The van der Waals surface area contributed by atoms with Gasteiger partial charge in [-0.2, -0.15) is 0 Å². The monoisotopic (exact) mass is 329 g/mol. The highest BCUT2D eigenvalue weighted by atomic mass is 35.5. The van der Waals surface area contributed by atoms with Crippen molar-refractivity contribution in [1.29, 1.82) is 0 Å². The summed E-state index contributed by atoms with van der Waals surface area (Å²) in [6.07, 6.45) is 0.838. The lowest BCUT2D eigenvalue weighted by Crippen LogP contribution is -2.46. The van der Waals surface area contributed by atoms with Crippen molar-refractivity contribution >= 4 is 17.5 Å². The number of nitrogens with zero attached hydrogens (tertiary/aromatic N) is 1. The number of morpholine rings is 1. The molecule has 23 heavy (non-hydrogen) atoms. The molecule has 0 bridgehead atoms. The second kappa shape index (κ2) is 7.16. The van der Waals surface area contributed by atoms with E-state index in [0.717, 1.165) is 12.0 Å². The summed E-state index contributed by atoms with van der Waals surface area (Å²) in [7, 11) is 0. The highest BCUT2D eigenvalue weighted by Crippen LogP contribution is 2.21. The summed E-state index contributed by atoms with van der Waals surface area (Å²) in [5.41, 5.74) is 2.83. The average molecular weight is 330 g/mol. The topological polar surface area (TPSA) is 29.5 Å². The molecule has 0 aromatic heterocycles. The van der Waals surface area contributed by atoms with Gasteiger partial charge >= 0.3 is 0 Å². The molecule has 0 radical (unpaired) electrons. The average Bonchev–Trinajstić information content (AvgIpc) is 2.57. The molecule has 2 aromatic carbocycles. The van der Waals surface area contributed by atoms with Crippen LogP contribution in [0.15, 0.2) is 48.5 Å². The van der Waals surface area contributed by atoms with E-state index in [1.807, 2.05) is 42.2 Å². The summed E-state index contributed by atoms with van der Waals surface area (Å²) in [6, 6.07) is 15.8. The minimum atomic E-state index is -0.0138. The van der Waals surface area contributed by atoms with Crippen molar-refractivity contribution in [3.8, 4) is 0 Å². The van der Waals surface area contributed by atoms with E-state index in [9.17, 15) is 4.79 Å². The van der Waals surface area contributed by atoms with Crippen molar-refractivity contribution in [1.82, 2.24) is 4.90 Å². The number of carbonyl (C=O) groups is 1. The van der Waals surface area contributed by atoms with E-state index in [1.165, 1.54) is 5.56 Å². The molecule has 1 saturated heterocycles. The highest BCUT2D eigenvalue weighted by molar-refractivity contribution is 6.33. The standard InChI is InChI=1S/C19H20ClNO2/c1-14-7-8-18(20)17(11-14)19(22)21-9-10-23-16(13-21)12-15-5-3-2-4-6-15/h2-8,11,16H,9-10,12-13H2,1H3. The Labute approximate surface area is 141 Å². The van der Waals surface area contributed by atoms with Crippen LogP contribution in [0.4, 0.5) is 0 Å². The number of hydrogen-bond donors (Lipinski definition) is 0. The van der Waals surface area contributed by atoms with E-state index in [1.54, 1.807) is 6.07 Å². The summed E-state index contributed by atoms with van der Waals surface area (Å²) in [6.45, 7) is 3.73. The van der Waals surface area contributed by atoms with Crippen LogP contribution in [-0.2, 0) is 11.2 Å². The van der Waals surface area contributed by atoms with E-state index >= 15 is 0 Å². The van der Waals surface area contributed by atoms with Crippen molar-refractivity contribution in [2.24, 2.45) is 0 Å². The number of benzene rings is 2. The number of amides is 1. The van der Waals surface area contributed by atoms with Gasteiger partial charge in [0, 0.05) is 19.5 Å². The van der Waals surface area contributed by atoms with Crippen molar-refractivity contribution in [2.75, 3.05) is 19.7 Å². The Kier molecular flexibility index (Phi) is 4.99. The molecule has 0 N–H and O–H groups in total. The Morgan fingerprint density at radius 3 is 2.83 bits per heavy atom. The van der Waals surface area contributed by atoms with Crippen LogP contribution in [0, 0.1) is 6.92 Å². The molecule has 3 nitrogen and oxygen atoms in total. The smallest absolute Gasteiger partial charge is 0.255 e.